The van der Waals surface area contributed by atoms with Crippen LogP contribution in [0.1, 0.15) is 26.2 Å². The lowest BCUT2D eigenvalue weighted by molar-refractivity contribution is 0.643. The van der Waals surface area contributed by atoms with E-state index in [0.717, 1.165) is 22.0 Å². The molecule has 1 unspecified atom stereocenters. The summed E-state index contributed by atoms with van der Waals surface area (Å²) in [6.45, 7) is 2.24. The fourth-order valence-electron chi connectivity index (χ4n) is 2.42. The van der Waals surface area contributed by atoms with Crippen LogP contribution in [0, 0.1) is 5.92 Å². The highest BCUT2D eigenvalue weighted by Crippen LogP contribution is 2.39. The quantitative estimate of drug-likeness (QED) is 0.866. The summed E-state index contributed by atoms with van der Waals surface area (Å²) in [5.41, 5.74) is 8.21. The van der Waals surface area contributed by atoms with E-state index in [-0.39, 0.29) is 0 Å². The van der Waals surface area contributed by atoms with Crippen molar-refractivity contribution in [2.24, 2.45) is 5.92 Å². The van der Waals surface area contributed by atoms with E-state index in [9.17, 15) is 0 Å². The number of benzene rings is 1. The van der Waals surface area contributed by atoms with Gasteiger partial charge in [0.2, 0.25) is 0 Å². The van der Waals surface area contributed by atoms with Crippen molar-refractivity contribution in [1.82, 2.24) is 4.37 Å². The molecule has 0 saturated heterocycles. The summed E-state index contributed by atoms with van der Waals surface area (Å²) in [7, 11) is 0. The fraction of sp³-hybridized carbons (Fsp3) is 0.400. The number of nitrogens with one attached hydrogen (secondary N) is 1. The molecule has 1 atom stereocenters. The molecule has 0 spiro atoms. The van der Waals surface area contributed by atoms with E-state index >= 15 is 0 Å². The number of anilines is 2. The lowest BCUT2D eigenvalue weighted by Gasteiger charge is -2.14. The van der Waals surface area contributed by atoms with Gasteiger partial charge >= 0.3 is 0 Å². The summed E-state index contributed by atoms with van der Waals surface area (Å²) < 4.78 is 4.30. The zero-order valence-corrected chi connectivity index (χ0v) is 11.9. The maximum atomic E-state index is 6.02. The summed E-state index contributed by atoms with van der Waals surface area (Å²) in [5, 5.41) is 4.67. The van der Waals surface area contributed by atoms with Crippen molar-refractivity contribution >= 4 is 22.4 Å². The third-order valence-electron chi connectivity index (χ3n) is 3.54. The molecule has 1 aromatic heterocycles. The minimum absolute atomic E-state index is 0.481. The minimum Gasteiger partial charge on any atom is -0.382 e. The first-order valence-electron chi connectivity index (χ1n) is 6.81. The van der Waals surface area contributed by atoms with Gasteiger partial charge < -0.3 is 11.1 Å². The van der Waals surface area contributed by atoms with Crippen molar-refractivity contribution in [1.29, 1.82) is 0 Å². The number of hydrogen-bond donors (Lipinski definition) is 2. The largest absolute Gasteiger partial charge is 0.382 e. The third kappa shape index (κ3) is 2.89. The number of hydrogen-bond acceptors (Lipinski definition) is 4. The normalized spacial score (nSPS) is 16.3. The van der Waals surface area contributed by atoms with Gasteiger partial charge in [0.25, 0.3) is 0 Å². The topological polar surface area (TPSA) is 50.9 Å². The summed E-state index contributed by atoms with van der Waals surface area (Å²) in [6, 6.07) is 10.7. The van der Waals surface area contributed by atoms with Gasteiger partial charge in [0, 0.05) is 6.04 Å². The molecule has 3 N–H and O–H groups in total. The van der Waals surface area contributed by atoms with E-state index in [4.69, 9.17) is 5.73 Å². The number of aromatic nitrogens is 1. The van der Waals surface area contributed by atoms with E-state index in [2.05, 4.69) is 28.7 Å². The minimum atomic E-state index is 0.481. The van der Waals surface area contributed by atoms with Crippen LogP contribution in [0.5, 0.6) is 0 Å². The Labute approximate surface area is 118 Å². The average molecular weight is 273 g/mol. The molecule has 1 aliphatic carbocycles. The molecule has 0 aliphatic heterocycles. The summed E-state index contributed by atoms with van der Waals surface area (Å²) in [5.74, 6) is 1.55. The van der Waals surface area contributed by atoms with Crippen molar-refractivity contribution in [2.75, 3.05) is 11.1 Å². The molecular formula is C15H19N3S. The van der Waals surface area contributed by atoms with E-state index in [0.29, 0.717) is 11.9 Å². The zero-order chi connectivity index (χ0) is 13.2. The Morgan fingerprint density at radius 1 is 1.37 bits per heavy atom. The molecule has 1 saturated carbocycles. The van der Waals surface area contributed by atoms with Crippen LogP contribution in [0.15, 0.2) is 30.3 Å². The highest BCUT2D eigenvalue weighted by atomic mass is 32.1. The molecule has 4 heteroatoms. The Morgan fingerprint density at radius 3 is 2.79 bits per heavy atom. The van der Waals surface area contributed by atoms with Gasteiger partial charge in [-0.3, -0.25) is 0 Å². The average Bonchev–Trinajstić information content (AvgIpc) is 3.14. The molecule has 0 bridgehead atoms. The highest BCUT2D eigenvalue weighted by Gasteiger charge is 2.24. The standard InChI is InChI=1S/C15H19N3S/c1-10(9-11-7-8-11)17-15-13(14(16)18-19-15)12-5-3-2-4-6-12/h2-6,10-11,17H,7-9H2,1H3,(H2,16,18). The predicted molar refractivity (Wildman–Crippen MR) is 82.4 cm³/mol. The third-order valence-corrected chi connectivity index (χ3v) is 4.33. The number of nitrogens with two attached hydrogens (primary N) is 1. The lowest BCUT2D eigenvalue weighted by Crippen LogP contribution is -2.15. The van der Waals surface area contributed by atoms with E-state index in [1.165, 1.54) is 30.8 Å². The molecule has 0 amide bonds. The number of rotatable bonds is 5. The fourth-order valence-corrected chi connectivity index (χ4v) is 3.27. The van der Waals surface area contributed by atoms with Gasteiger partial charge in [-0.1, -0.05) is 43.2 Å². The van der Waals surface area contributed by atoms with Crippen LogP contribution in [-0.2, 0) is 0 Å². The van der Waals surface area contributed by atoms with Crippen LogP contribution in [0.2, 0.25) is 0 Å². The van der Waals surface area contributed by atoms with Crippen LogP contribution in [-0.4, -0.2) is 10.4 Å². The molecule has 19 heavy (non-hydrogen) atoms. The van der Waals surface area contributed by atoms with E-state index in [1.807, 2.05) is 18.2 Å². The maximum absolute atomic E-state index is 6.02. The van der Waals surface area contributed by atoms with Crippen molar-refractivity contribution < 1.29 is 0 Å². The SMILES string of the molecule is CC(CC1CC1)Nc1snc(N)c1-c1ccccc1. The van der Waals surface area contributed by atoms with Crippen molar-refractivity contribution in [2.45, 2.75) is 32.2 Å². The van der Waals surface area contributed by atoms with Crippen molar-refractivity contribution in [3.8, 4) is 11.1 Å². The smallest absolute Gasteiger partial charge is 0.147 e. The Hall–Kier alpha value is -1.55. The Balaban J connectivity index is 1.81. The second-order valence-electron chi connectivity index (χ2n) is 5.36. The van der Waals surface area contributed by atoms with Gasteiger partial charge in [-0.2, -0.15) is 4.37 Å². The Kier molecular flexibility index (Phi) is 3.42. The van der Waals surface area contributed by atoms with Gasteiger partial charge in [0.05, 0.1) is 5.56 Å². The lowest BCUT2D eigenvalue weighted by atomic mass is 10.1. The maximum Gasteiger partial charge on any atom is 0.147 e. The van der Waals surface area contributed by atoms with Crippen LogP contribution < -0.4 is 11.1 Å². The Bertz CT molecular complexity index is 546. The molecule has 100 valence electrons. The molecule has 3 nitrogen and oxygen atoms in total. The Morgan fingerprint density at radius 2 is 2.11 bits per heavy atom. The number of nitrogen functional groups attached to an aromatic ring is 1. The number of nitrogens with zero attached hydrogens (tertiary/aromatic N) is 1. The summed E-state index contributed by atoms with van der Waals surface area (Å²) in [4.78, 5) is 0. The summed E-state index contributed by atoms with van der Waals surface area (Å²) in [6.07, 6.45) is 4.02. The van der Waals surface area contributed by atoms with Gasteiger partial charge in [-0.25, -0.2) is 0 Å². The van der Waals surface area contributed by atoms with Crippen LogP contribution in [0.4, 0.5) is 10.8 Å². The van der Waals surface area contributed by atoms with E-state index < -0.39 is 0 Å². The van der Waals surface area contributed by atoms with Gasteiger partial charge in [-0.15, -0.1) is 0 Å². The molecular weight excluding hydrogens is 254 g/mol. The molecule has 2 aromatic rings. The van der Waals surface area contributed by atoms with Crippen LogP contribution in [0.25, 0.3) is 11.1 Å². The van der Waals surface area contributed by atoms with Gasteiger partial charge in [0.1, 0.15) is 10.8 Å². The first-order chi connectivity index (χ1) is 9.24. The van der Waals surface area contributed by atoms with Gasteiger partial charge in [0.15, 0.2) is 0 Å². The molecule has 3 rings (SSSR count). The van der Waals surface area contributed by atoms with Crippen LogP contribution >= 0.6 is 11.5 Å². The second kappa shape index (κ2) is 5.21. The van der Waals surface area contributed by atoms with Crippen molar-refractivity contribution in [3.05, 3.63) is 30.3 Å². The highest BCUT2D eigenvalue weighted by molar-refractivity contribution is 7.11. The first-order valence-corrected chi connectivity index (χ1v) is 7.58. The van der Waals surface area contributed by atoms with Crippen molar-refractivity contribution in [3.63, 3.8) is 0 Å². The summed E-state index contributed by atoms with van der Waals surface area (Å²) >= 11 is 1.46. The van der Waals surface area contributed by atoms with Gasteiger partial charge in [-0.05, 0) is 36.4 Å². The molecule has 1 aliphatic rings. The predicted octanol–water partition coefficient (Wildman–Crippen LogP) is 3.99. The second-order valence-corrected chi connectivity index (χ2v) is 6.14. The zero-order valence-electron chi connectivity index (χ0n) is 11.1. The molecule has 0 radical (unpaired) electrons. The molecule has 1 fully saturated rings. The monoisotopic (exact) mass is 273 g/mol. The van der Waals surface area contributed by atoms with Crippen LogP contribution in [0.3, 0.4) is 0 Å². The molecule has 1 aromatic carbocycles. The molecule has 1 heterocycles. The first kappa shape index (κ1) is 12.5. The van der Waals surface area contributed by atoms with E-state index in [1.54, 1.807) is 0 Å².